The molecule has 0 saturated carbocycles. The molecule has 0 aliphatic heterocycles. The van der Waals surface area contributed by atoms with Gasteiger partial charge in [0.15, 0.2) is 5.11 Å². The van der Waals surface area contributed by atoms with Gasteiger partial charge in [-0.15, -0.1) is 0 Å². The Morgan fingerprint density at radius 2 is 1.71 bits per heavy atom. The van der Waals surface area contributed by atoms with Gasteiger partial charge in [-0.1, -0.05) is 62.7 Å². The molecule has 126 valence electrons. The first-order valence-electron chi connectivity index (χ1n) is 8.03. The molecule has 0 atom stereocenters. The van der Waals surface area contributed by atoms with Gasteiger partial charge >= 0.3 is 0 Å². The zero-order valence-electron chi connectivity index (χ0n) is 15.0. The van der Waals surface area contributed by atoms with Crippen LogP contribution in [0.3, 0.4) is 0 Å². The summed E-state index contributed by atoms with van der Waals surface area (Å²) in [7, 11) is 0. The smallest absolute Gasteiger partial charge is 0.191 e. The lowest BCUT2D eigenvalue weighted by atomic mass is 9.87. The molecule has 0 spiro atoms. The second kappa shape index (κ2) is 7.58. The Balaban J connectivity index is 1.92. The maximum absolute atomic E-state index is 5.28. The first-order chi connectivity index (χ1) is 11.3. The van der Waals surface area contributed by atoms with Crippen LogP contribution in [-0.4, -0.2) is 11.3 Å². The van der Waals surface area contributed by atoms with Gasteiger partial charge in [0.05, 0.1) is 6.21 Å². The predicted molar refractivity (Wildman–Crippen MR) is 108 cm³/mol. The summed E-state index contributed by atoms with van der Waals surface area (Å²) < 4.78 is 0. The van der Waals surface area contributed by atoms with Crippen molar-refractivity contribution < 1.29 is 0 Å². The normalized spacial score (nSPS) is 11.5. The summed E-state index contributed by atoms with van der Waals surface area (Å²) in [6.45, 7) is 10.7. The third-order valence-electron chi connectivity index (χ3n) is 3.79. The Morgan fingerprint density at radius 3 is 2.29 bits per heavy atom. The van der Waals surface area contributed by atoms with Crippen LogP contribution in [0.25, 0.3) is 0 Å². The van der Waals surface area contributed by atoms with Crippen molar-refractivity contribution in [3.05, 3.63) is 64.7 Å². The maximum Gasteiger partial charge on any atom is 0.191 e. The zero-order chi connectivity index (χ0) is 17.7. The summed E-state index contributed by atoms with van der Waals surface area (Å²) in [5.41, 5.74) is 8.72. The average molecular weight is 340 g/mol. The monoisotopic (exact) mass is 339 g/mol. The molecule has 0 unspecified atom stereocenters. The van der Waals surface area contributed by atoms with Crippen molar-refractivity contribution in [3.8, 4) is 0 Å². The van der Waals surface area contributed by atoms with Crippen molar-refractivity contribution in [2.75, 3.05) is 5.32 Å². The third kappa shape index (κ3) is 5.17. The Hall–Kier alpha value is -2.20. The van der Waals surface area contributed by atoms with Crippen molar-refractivity contribution in [2.45, 2.75) is 40.0 Å². The highest BCUT2D eigenvalue weighted by atomic mass is 32.1. The van der Waals surface area contributed by atoms with Crippen molar-refractivity contribution in [2.24, 2.45) is 5.10 Å². The molecule has 0 aliphatic rings. The molecule has 0 aromatic heterocycles. The fourth-order valence-electron chi connectivity index (χ4n) is 2.34. The van der Waals surface area contributed by atoms with Gasteiger partial charge in [0, 0.05) is 5.69 Å². The Labute approximate surface area is 150 Å². The second-order valence-corrected chi connectivity index (χ2v) is 7.42. The quantitative estimate of drug-likeness (QED) is 0.473. The number of thiocarbonyl (C=S) groups is 1. The third-order valence-corrected chi connectivity index (χ3v) is 3.98. The molecule has 0 fully saturated rings. The lowest BCUT2D eigenvalue weighted by Gasteiger charge is -2.18. The van der Waals surface area contributed by atoms with Gasteiger partial charge in [-0.3, -0.25) is 5.43 Å². The molecule has 2 N–H and O–H groups in total. The molecule has 0 aliphatic carbocycles. The number of benzene rings is 2. The molecule has 4 heteroatoms. The molecule has 2 aromatic carbocycles. The van der Waals surface area contributed by atoms with E-state index in [2.05, 4.69) is 86.9 Å². The van der Waals surface area contributed by atoms with Crippen LogP contribution in [0.5, 0.6) is 0 Å². The minimum absolute atomic E-state index is 0.158. The van der Waals surface area contributed by atoms with E-state index in [0.717, 1.165) is 16.8 Å². The van der Waals surface area contributed by atoms with Crippen molar-refractivity contribution >= 4 is 29.2 Å². The number of nitrogens with one attached hydrogen (secondary N) is 2. The summed E-state index contributed by atoms with van der Waals surface area (Å²) in [5.74, 6) is 0. The molecule has 3 nitrogen and oxygen atoms in total. The maximum atomic E-state index is 5.28. The number of hydrogen-bond donors (Lipinski definition) is 2. The minimum atomic E-state index is 0.158. The average Bonchev–Trinajstić information content (AvgIpc) is 2.50. The van der Waals surface area contributed by atoms with Crippen LogP contribution in [0, 0.1) is 13.8 Å². The van der Waals surface area contributed by atoms with E-state index in [1.165, 1.54) is 11.1 Å². The molecule has 2 aromatic rings. The number of hydrogen-bond acceptors (Lipinski definition) is 2. The topological polar surface area (TPSA) is 36.4 Å². The van der Waals surface area contributed by atoms with Crippen LogP contribution in [0.2, 0.25) is 0 Å². The van der Waals surface area contributed by atoms with Crippen LogP contribution in [-0.2, 0) is 5.41 Å². The molecule has 0 bridgehead atoms. The molecular formula is C20H25N3S. The first kappa shape index (κ1) is 18.1. The lowest BCUT2D eigenvalue weighted by Crippen LogP contribution is -2.24. The van der Waals surface area contributed by atoms with Gasteiger partial charge in [-0.2, -0.15) is 5.10 Å². The SMILES string of the molecule is Cc1ccc(NC(=S)NN=Cc2ccc(C(C)(C)C)cc2)c(C)c1. The highest BCUT2D eigenvalue weighted by Gasteiger charge is 2.12. The number of nitrogens with zero attached hydrogens (tertiary/aromatic N) is 1. The van der Waals surface area contributed by atoms with Gasteiger partial charge < -0.3 is 5.32 Å². The highest BCUT2D eigenvalue weighted by Crippen LogP contribution is 2.21. The lowest BCUT2D eigenvalue weighted by molar-refractivity contribution is 0.590. The van der Waals surface area contributed by atoms with E-state index in [1.807, 2.05) is 6.07 Å². The van der Waals surface area contributed by atoms with E-state index in [-0.39, 0.29) is 5.41 Å². The summed E-state index contributed by atoms with van der Waals surface area (Å²) in [4.78, 5) is 0. The van der Waals surface area contributed by atoms with E-state index >= 15 is 0 Å². The summed E-state index contributed by atoms with van der Waals surface area (Å²) in [6.07, 6.45) is 1.77. The molecule has 0 heterocycles. The number of hydrazone groups is 1. The van der Waals surface area contributed by atoms with Crippen LogP contribution >= 0.6 is 12.2 Å². The molecular weight excluding hydrogens is 314 g/mol. The Kier molecular flexibility index (Phi) is 5.73. The van der Waals surface area contributed by atoms with Gasteiger partial charge in [0.2, 0.25) is 0 Å². The standard InChI is InChI=1S/C20H25N3S/c1-14-6-11-18(15(2)12-14)22-19(24)23-21-13-16-7-9-17(10-8-16)20(3,4)5/h6-13H,1-5H3,(H2,22,23,24). The van der Waals surface area contributed by atoms with Gasteiger partial charge in [-0.05, 0) is 54.2 Å². The second-order valence-electron chi connectivity index (χ2n) is 7.01. The fourth-order valence-corrected chi connectivity index (χ4v) is 2.50. The van der Waals surface area contributed by atoms with Crippen LogP contribution in [0.1, 0.15) is 43.0 Å². The number of rotatable bonds is 3. The van der Waals surface area contributed by atoms with Crippen LogP contribution < -0.4 is 10.7 Å². The van der Waals surface area contributed by atoms with Crippen molar-refractivity contribution in [3.63, 3.8) is 0 Å². The largest absolute Gasteiger partial charge is 0.331 e. The minimum Gasteiger partial charge on any atom is -0.331 e. The molecule has 24 heavy (non-hydrogen) atoms. The predicted octanol–water partition coefficient (Wildman–Crippen LogP) is 4.92. The van der Waals surface area contributed by atoms with E-state index < -0.39 is 0 Å². The zero-order valence-corrected chi connectivity index (χ0v) is 15.8. The van der Waals surface area contributed by atoms with E-state index in [0.29, 0.717) is 5.11 Å². The molecule has 2 rings (SSSR count). The fraction of sp³-hybridized carbons (Fsp3) is 0.300. The van der Waals surface area contributed by atoms with E-state index in [1.54, 1.807) is 6.21 Å². The van der Waals surface area contributed by atoms with E-state index in [4.69, 9.17) is 12.2 Å². The summed E-state index contributed by atoms with van der Waals surface area (Å²) in [6, 6.07) is 14.6. The van der Waals surface area contributed by atoms with Gasteiger partial charge in [-0.25, -0.2) is 0 Å². The highest BCUT2D eigenvalue weighted by molar-refractivity contribution is 7.80. The van der Waals surface area contributed by atoms with Gasteiger partial charge in [0.25, 0.3) is 0 Å². The van der Waals surface area contributed by atoms with Crippen molar-refractivity contribution in [1.29, 1.82) is 0 Å². The van der Waals surface area contributed by atoms with Gasteiger partial charge in [0.1, 0.15) is 0 Å². The molecule has 0 saturated heterocycles. The van der Waals surface area contributed by atoms with E-state index in [9.17, 15) is 0 Å². The summed E-state index contributed by atoms with van der Waals surface area (Å²) >= 11 is 5.28. The van der Waals surface area contributed by atoms with Crippen LogP contribution in [0.4, 0.5) is 5.69 Å². The van der Waals surface area contributed by atoms with Crippen molar-refractivity contribution in [1.82, 2.24) is 5.43 Å². The molecule has 0 radical (unpaired) electrons. The molecule has 0 amide bonds. The van der Waals surface area contributed by atoms with Crippen LogP contribution in [0.15, 0.2) is 47.6 Å². The summed E-state index contributed by atoms with van der Waals surface area (Å²) in [5, 5.41) is 7.83. The number of anilines is 1. The Bertz CT molecular complexity index is 740. The number of aryl methyl sites for hydroxylation is 2. The first-order valence-corrected chi connectivity index (χ1v) is 8.44. The Morgan fingerprint density at radius 1 is 1.04 bits per heavy atom.